The van der Waals surface area contributed by atoms with Gasteiger partial charge in [0.2, 0.25) is 10.0 Å². The van der Waals surface area contributed by atoms with Crippen LogP contribution in [0.4, 0.5) is 10.1 Å². The Labute approximate surface area is 202 Å². The maximum absolute atomic E-state index is 15.2. The molecule has 0 aromatic heterocycles. The maximum Gasteiger partial charge on any atom is 0.312 e. The molecule has 1 N–H and O–H groups in total. The van der Waals surface area contributed by atoms with E-state index in [1.165, 1.54) is 23.4 Å². The Kier molecular flexibility index (Phi) is 7.77. The molecule has 0 unspecified atom stereocenters. The van der Waals surface area contributed by atoms with Gasteiger partial charge in [-0.2, -0.15) is 0 Å². The zero-order valence-electron chi connectivity index (χ0n) is 18.7. The molecular weight excluding hydrogens is 505 g/mol. The highest BCUT2D eigenvalue weighted by Gasteiger charge is 2.39. The first kappa shape index (κ1) is 26.5. The van der Waals surface area contributed by atoms with Crippen LogP contribution in [0.5, 0.6) is 5.75 Å². The van der Waals surface area contributed by atoms with Crippen molar-refractivity contribution in [2.75, 3.05) is 25.4 Å². The number of carbonyl (C=O) groups excluding carboxylic acids is 1. The van der Waals surface area contributed by atoms with Crippen LogP contribution >= 0.6 is 0 Å². The minimum atomic E-state index is -4.45. The van der Waals surface area contributed by atoms with E-state index in [1.54, 1.807) is 18.2 Å². The molecule has 3 rings (SSSR count). The molecule has 0 saturated carbocycles. The number of nitrogens with zero attached hydrogens (tertiary/aromatic N) is 2. The van der Waals surface area contributed by atoms with Crippen LogP contribution < -0.4 is 9.46 Å². The Morgan fingerprint density at radius 3 is 2.34 bits per heavy atom. The SMILES string of the molecule is CCS(=O)(=O)N1CCC(F)(COc2ccc(S(=O)(=O)NC(=O)c3ccccc3)cc2[N+](=O)[O-])CC1. The molecule has 1 fully saturated rings. The fraction of sp³-hybridized carbons (Fsp3) is 0.381. The van der Waals surface area contributed by atoms with Gasteiger partial charge in [-0.25, -0.2) is 30.3 Å². The predicted molar refractivity (Wildman–Crippen MR) is 124 cm³/mol. The monoisotopic (exact) mass is 529 g/mol. The number of hydrogen-bond donors (Lipinski definition) is 1. The first-order valence-corrected chi connectivity index (χ1v) is 13.7. The fourth-order valence-corrected chi connectivity index (χ4v) is 5.56. The van der Waals surface area contributed by atoms with Gasteiger partial charge in [-0.1, -0.05) is 18.2 Å². The average Bonchev–Trinajstić information content (AvgIpc) is 2.83. The number of benzene rings is 2. The average molecular weight is 530 g/mol. The molecule has 0 radical (unpaired) electrons. The minimum absolute atomic E-state index is 0.0452. The number of nitrogens with one attached hydrogen (secondary N) is 1. The highest BCUT2D eigenvalue weighted by atomic mass is 32.2. The molecule has 2 aromatic carbocycles. The molecular formula is C21H24FN3O8S2. The summed E-state index contributed by atoms with van der Waals surface area (Å²) in [5.41, 5.74) is -2.56. The van der Waals surface area contributed by atoms with Gasteiger partial charge >= 0.3 is 5.69 Å². The molecule has 0 spiro atoms. The third kappa shape index (κ3) is 6.32. The Morgan fingerprint density at radius 2 is 1.77 bits per heavy atom. The highest BCUT2D eigenvalue weighted by Crippen LogP contribution is 2.33. The number of nitro benzene ring substituents is 1. The fourth-order valence-electron chi connectivity index (χ4n) is 3.46. The third-order valence-electron chi connectivity index (χ3n) is 5.56. The Hall–Kier alpha value is -3.10. The van der Waals surface area contributed by atoms with E-state index in [0.29, 0.717) is 0 Å². The molecule has 0 bridgehead atoms. The van der Waals surface area contributed by atoms with Crippen molar-refractivity contribution >= 4 is 31.6 Å². The van der Waals surface area contributed by atoms with Crippen LogP contribution in [-0.4, -0.2) is 63.1 Å². The van der Waals surface area contributed by atoms with Gasteiger partial charge in [0.25, 0.3) is 15.9 Å². The lowest BCUT2D eigenvalue weighted by Gasteiger charge is -2.35. The van der Waals surface area contributed by atoms with Gasteiger partial charge in [-0.05, 0) is 44.0 Å². The number of carbonyl (C=O) groups is 1. The summed E-state index contributed by atoms with van der Waals surface area (Å²) in [5, 5.41) is 11.5. The van der Waals surface area contributed by atoms with Crippen molar-refractivity contribution < 1.29 is 35.7 Å². The molecule has 1 heterocycles. The lowest BCUT2D eigenvalue weighted by Crippen LogP contribution is -2.47. The minimum Gasteiger partial charge on any atom is -0.483 e. The van der Waals surface area contributed by atoms with Crippen LogP contribution in [0.2, 0.25) is 0 Å². The summed E-state index contributed by atoms with van der Waals surface area (Å²) in [6.45, 7) is 0.823. The number of halogens is 1. The summed E-state index contributed by atoms with van der Waals surface area (Å²) in [6.07, 6.45) is -0.310. The Bertz CT molecular complexity index is 1310. The Morgan fingerprint density at radius 1 is 1.14 bits per heavy atom. The number of sulfonamides is 2. The Balaban J connectivity index is 1.73. The van der Waals surface area contributed by atoms with Crippen molar-refractivity contribution in [1.82, 2.24) is 9.03 Å². The van der Waals surface area contributed by atoms with Gasteiger partial charge in [0.05, 0.1) is 15.6 Å². The van der Waals surface area contributed by atoms with Crippen molar-refractivity contribution in [3.05, 3.63) is 64.2 Å². The molecule has 1 saturated heterocycles. The van der Waals surface area contributed by atoms with E-state index >= 15 is 4.39 Å². The topological polar surface area (TPSA) is 153 Å². The zero-order chi connectivity index (χ0) is 25.9. The van der Waals surface area contributed by atoms with Crippen molar-refractivity contribution in [2.45, 2.75) is 30.3 Å². The lowest BCUT2D eigenvalue weighted by atomic mass is 9.95. The molecule has 0 atom stereocenters. The molecule has 2 aromatic rings. The number of rotatable bonds is 9. The quantitative estimate of drug-likeness (QED) is 0.383. The number of hydrogen-bond acceptors (Lipinski definition) is 8. The second-order valence-corrected chi connectivity index (χ2v) is 11.9. The maximum atomic E-state index is 15.2. The van der Waals surface area contributed by atoms with Crippen molar-refractivity contribution in [3.8, 4) is 5.75 Å². The van der Waals surface area contributed by atoms with Crippen LogP contribution in [-0.2, 0) is 20.0 Å². The van der Waals surface area contributed by atoms with E-state index in [9.17, 15) is 31.7 Å². The van der Waals surface area contributed by atoms with E-state index in [0.717, 1.165) is 18.2 Å². The second kappa shape index (κ2) is 10.3. The summed E-state index contributed by atoms with van der Waals surface area (Å²) in [7, 11) is -7.90. The molecule has 11 nitrogen and oxygen atoms in total. The lowest BCUT2D eigenvalue weighted by molar-refractivity contribution is -0.386. The molecule has 0 aliphatic carbocycles. The van der Waals surface area contributed by atoms with Gasteiger partial charge in [0.1, 0.15) is 12.3 Å². The highest BCUT2D eigenvalue weighted by molar-refractivity contribution is 7.90. The molecule has 14 heteroatoms. The van der Waals surface area contributed by atoms with Crippen LogP contribution in [0.1, 0.15) is 30.1 Å². The molecule has 1 aliphatic heterocycles. The van der Waals surface area contributed by atoms with E-state index in [1.807, 2.05) is 4.72 Å². The van der Waals surface area contributed by atoms with Gasteiger partial charge in [0.15, 0.2) is 5.75 Å². The standard InChI is InChI=1S/C21H24FN3O8S2/c1-2-34(29,30)24-12-10-21(22,11-13-24)15-33-19-9-8-17(14-18(19)25(27)28)35(31,32)23-20(26)16-6-4-3-5-7-16/h3-9,14H,2,10-13,15H2,1H3,(H,23,26). The number of nitro groups is 1. The summed E-state index contributed by atoms with van der Waals surface area (Å²) in [6, 6.07) is 10.3. The number of amides is 1. The van der Waals surface area contributed by atoms with E-state index in [4.69, 9.17) is 4.74 Å². The summed E-state index contributed by atoms with van der Waals surface area (Å²) in [5.74, 6) is -1.37. The third-order valence-corrected chi connectivity index (χ3v) is 8.77. The molecule has 35 heavy (non-hydrogen) atoms. The molecule has 1 aliphatic rings. The van der Waals surface area contributed by atoms with Crippen molar-refractivity contribution in [2.24, 2.45) is 0 Å². The van der Waals surface area contributed by atoms with Crippen molar-refractivity contribution in [1.29, 1.82) is 0 Å². The van der Waals surface area contributed by atoms with E-state index in [2.05, 4.69) is 0 Å². The number of piperidine rings is 1. The van der Waals surface area contributed by atoms with Crippen LogP contribution in [0.3, 0.4) is 0 Å². The second-order valence-electron chi connectivity index (χ2n) is 7.93. The predicted octanol–water partition coefficient (Wildman–Crippen LogP) is 2.25. The van der Waals surface area contributed by atoms with Crippen LogP contribution in [0.25, 0.3) is 0 Å². The summed E-state index contributed by atoms with van der Waals surface area (Å²) < 4.78 is 72.6. The molecule has 1 amide bonds. The van der Waals surface area contributed by atoms with E-state index in [-0.39, 0.29) is 43.0 Å². The number of alkyl halides is 1. The number of ether oxygens (including phenoxy) is 1. The normalized spacial score (nSPS) is 16.4. The summed E-state index contributed by atoms with van der Waals surface area (Å²) >= 11 is 0. The van der Waals surface area contributed by atoms with Gasteiger partial charge in [0, 0.05) is 24.7 Å². The first-order chi connectivity index (χ1) is 16.4. The summed E-state index contributed by atoms with van der Waals surface area (Å²) in [4.78, 5) is 22.3. The first-order valence-electron chi connectivity index (χ1n) is 10.6. The molecule has 190 valence electrons. The smallest absolute Gasteiger partial charge is 0.312 e. The van der Waals surface area contributed by atoms with Gasteiger partial charge < -0.3 is 4.74 Å². The van der Waals surface area contributed by atoms with E-state index < -0.39 is 53.7 Å². The van der Waals surface area contributed by atoms with Crippen LogP contribution in [0.15, 0.2) is 53.4 Å². The van der Waals surface area contributed by atoms with Gasteiger partial charge in [-0.3, -0.25) is 14.9 Å². The zero-order valence-corrected chi connectivity index (χ0v) is 20.3. The van der Waals surface area contributed by atoms with Crippen molar-refractivity contribution in [3.63, 3.8) is 0 Å². The van der Waals surface area contributed by atoms with Gasteiger partial charge in [-0.15, -0.1) is 0 Å². The van der Waals surface area contributed by atoms with Crippen LogP contribution in [0, 0.1) is 10.1 Å². The largest absolute Gasteiger partial charge is 0.483 e.